The number of hydroxylamine groups is 3. The highest BCUT2D eigenvalue weighted by atomic mass is 16.8. The van der Waals surface area contributed by atoms with Gasteiger partial charge in [0.15, 0.2) is 0 Å². The van der Waals surface area contributed by atoms with Crippen LogP contribution in [0.2, 0.25) is 0 Å². The summed E-state index contributed by atoms with van der Waals surface area (Å²) in [6, 6.07) is 0. The lowest BCUT2D eigenvalue weighted by atomic mass is 10.1. The Morgan fingerprint density at radius 3 is 1.16 bits per heavy atom. The Labute approximate surface area is 274 Å². The van der Waals surface area contributed by atoms with Crippen LogP contribution < -0.4 is 0 Å². The molecule has 0 aromatic rings. The number of esters is 1. The number of hydrogen-bond acceptors (Lipinski definition) is 4. The number of carbonyl (C=O) groups is 2. The highest BCUT2D eigenvalue weighted by molar-refractivity contribution is 5.69. The molecule has 0 aliphatic carbocycles. The maximum absolute atomic E-state index is 12.3. The number of carbonyl (C=O) groups excluding carboxylic acids is 2. The topological polar surface area (TPSA) is 52.6 Å². The number of ether oxygens (including phenoxy) is 1. The van der Waals surface area contributed by atoms with Crippen molar-refractivity contribution in [2.24, 2.45) is 0 Å². The van der Waals surface area contributed by atoms with Gasteiger partial charge in [-0.1, -0.05) is 141 Å². The smallest absolute Gasteiger partial charge is 0.366 e. The van der Waals surface area contributed by atoms with Crippen LogP contribution in [0.3, 0.4) is 0 Å². The average molecular weight is 621 g/mol. The lowest BCUT2D eigenvalue weighted by molar-refractivity contribution is -1.07. The Morgan fingerprint density at radius 2 is 0.773 bits per heavy atom. The second-order valence-corrected chi connectivity index (χ2v) is 13.4. The van der Waals surface area contributed by atoms with Crippen LogP contribution in [0.1, 0.15) is 194 Å². The van der Waals surface area contributed by atoms with E-state index in [9.17, 15) is 9.59 Å². The first-order valence-corrected chi connectivity index (χ1v) is 18.9. The second-order valence-electron chi connectivity index (χ2n) is 13.4. The lowest BCUT2D eigenvalue weighted by Crippen LogP contribution is -2.44. The van der Waals surface area contributed by atoms with E-state index in [2.05, 4.69) is 38.2 Å². The van der Waals surface area contributed by atoms with E-state index in [4.69, 9.17) is 9.57 Å². The largest absolute Gasteiger partial charge is 0.411 e. The molecule has 0 aliphatic heterocycles. The van der Waals surface area contributed by atoms with E-state index in [1.807, 2.05) is 0 Å². The minimum absolute atomic E-state index is 0.0576. The Hall–Kier alpha value is -1.62. The summed E-state index contributed by atoms with van der Waals surface area (Å²) in [5.41, 5.74) is 0. The number of nitrogens with zero attached hydrogens (tertiary/aromatic N) is 1. The van der Waals surface area contributed by atoms with E-state index in [0.29, 0.717) is 12.8 Å². The van der Waals surface area contributed by atoms with E-state index in [1.165, 1.54) is 128 Å². The molecule has 0 heterocycles. The van der Waals surface area contributed by atoms with Crippen LogP contribution in [0.4, 0.5) is 0 Å². The molecule has 0 atom stereocenters. The highest BCUT2D eigenvalue weighted by Gasteiger charge is 2.24. The first-order valence-electron chi connectivity index (χ1n) is 18.9. The van der Waals surface area contributed by atoms with Crippen LogP contribution in [0.5, 0.6) is 0 Å². The predicted octanol–water partition coefficient (Wildman–Crippen LogP) is 12.1. The third-order valence-electron chi connectivity index (χ3n) is 8.17. The minimum atomic E-state index is -0.221. The molecule has 0 spiro atoms. The zero-order valence-electron chi connectivity index (χ0n) is 29.9. The van der Waals surface area contributed by atoms with Crippen LogP contribution in [0.25, 0.3) is 0 Å². The van der Waals surface area contributed by atoms with Crippen LogP contribution in [0.15, 0.2) is 24.3 Å². The Bertz CT molecular complexity index is 700. The first kappa shape index (κ1) is 42.4. The van der Waals surface area contributed by atoms with Crippen LogP contribution in [-0.2, 0) is 19.2 Å². The van der Waals surface area contributed by atoms with Gasteiger partial charge in [-0.25, -0.2) is 4.79 Å². The Balaban J connectivity index is 3.59. The second kappa shape index (κ2) is 32.8. The molecule has 0 N–H and O–H groups in total. The molecule has 0 aromatic heterocycles. The fourth-order valence-corrected chi connectivity index (χ4v) is 5.33. The Kier molecular flexibility index (Phi) is 31.6. The number of unbranched alkanes of at least 4 members (excludes halogenated alkanes) is 22. The summed E-state index contributed by atoms with van der Waals surface area (Å²) >= 11 is 0. The minimum Gasteiger partial charge on any atom is -0.411 e. The number of quaternary nitrogens is 1. The molecule has 258 valence electrons. The van der Waals surface area contributed by atoms with Crippen molar-refractivity contribution in [2.75, 3.05) is 20.8 Å². The Morgan fingerprint density at radius 1 is 0.455 bits per heavy atom. The molecule has 0 bridgehead atoms. The van der Waals surface area contributed by atoms with Crippen molar-refractivity contribution in [3.63, 3.8) is 0 Å². The number of allylic oxidation sites excluding steroid dienone is 4. The summed E-state index contributed by atoms with van der Waals surface area (Å²) in [5.74, 6) is -0.428. The van der Waals surface area contributed by atoms with Gasteiger partial charge in [0.05, 0.1) is 6.42 Å². The SMILES string of the molecule is CCCCCCCCC=CCCCCCCCC(=O)OC[N+](C)(C)OC(=O)CCCCCCCC=CCCCCCCCC. The van der Waals surface area contributed by atoms with Gasteiger partial charge < -0.3 is 4.74 Å². The van der Waals surface area contributed by atoms with Crippen LogP contribution in [-0.4, -0.2) is 37.4 Å². The number of hydrogen-bond donors (Lipinski definition) is 0. The van der Waals surface area contributed by atoms with Gasteiger partial charge in [-0.05, 0) is 64.2 Å². The molecule has 0 amide bonds. The zero-order valence-corrected chi connectivity index (χ0v) is 29.9. The third-order valence-corrected chi connectivity index (χ3v) is 8.17. The normalized spacial score (nSPS) is 12.0. The van der Waals surface area contributed by atoms with Crippen molar-refractivity contribution < 1.29 is 23.8 Å². The molecule has 0 aromatic carbocycles. The van der Waals surface area contributed by atoms with Gasteiger partial charge in [-0.2, -0.15) is 0 Å². The van der Waals surface area contributed by atoms with Gasteiger partial charge >= 0.3 is 11.9 Å². The van der Waals surface area contributed by atoms with Gasteiger partial charge in [0.25, 0.3) is 6.73 Å². The molecule has 0 saturated heterocycles. The maximum Gasteiger partial charge on any atom is 0.366 e. The molecular weight excluding hydrogens is 546 g/mol. The fourth-order valence-electron chi connectivity index (χ4n) is 5.33. The molecule has 5 nitrogen and oxygen atoms in total. The quantitative estimate of drug-likeness (QED) is 0.0183. The molecule has 0 saturated carbocycles. The van der Waals surface area contributed by atoms with Crippen molar-refractivity contribution in [3.05, 3.63) is 24.3 Å². The molecule has 0 unspecified atom stereocenters. The van der Waals surface area contributed by atoms with E-state index < -0.39 is 0 Å². The summed E-state index contributed by atoms with van der Waals surface area (Å²) < 4.78 is 5.32. The monoisotopic (exact) mass is 621 g/mol. The summed E-state index contributed by atoms with van der Waals surface area (Å²) in [6.07, 6.45) is 42.4. The van der Waals surface area contributed by atoms with Crippen molar-refractivity contribution in [2.45, 2.75) is 194 Å². The van der Waals surface area contributed by atoms with Crippen molar-refractivity contribution in [1.29, 1.82) is 0 Å². The van der Waals surface area contributed by atoms with Gasteiger partial charge in [0.1, 0.15) is 14.1 Å². The molecule has 0 rings (SSSR count). The molecule has 0 radical (unpaired) electrons. The summed E-state index contributed by atoms with van der Waals surface area (Å²) in [7, 11) is 3.51. The first-order chi connectivity index (χ1) is 21.4. The van der Waals surface area contributed by atoms with Crippen molar-refractivity contribution >= 4 is 11.9 Å². The summed E-state index contributed by atoms with van der Waals surface area (Å²) in [6.45, 7) is 4.59. The predicted molar refractivity (Wildman–Crippen MR) is 188 cm³/mol. The van der Waals surface area contributed by atoms with Crippen LogP contribution >= 0.6 is 0 Å². The summed E-state index contributed by atoms with van der Waals surface area (Å²) in [5, 5.41) is 0. The number of rotatable bonds is 33. The van der Waals surface area contributed by atoms with Crippen LogP contribution in [0, 0.1) is 0 Å². The van der Waals surface area contributed by atoms with E-state index in [0.717, 1.165) is 38.5 Å². The average Bonchev–Trinajstić information content (AvgIpc) is 2.99. The van der Waals surface area contributed by atoms with E-state index in [-0.39, 0.29) is 23.3 Å². The van der Waals surface area contributed by atoms with Gasteiger partial charge in [-0.15, -0.1) is 4.65 Å². The fraction of sp³-hybridized carbons (Fsp3) is 0.846. The van der Waals surface area contributed by atoms with E-state index >= 15 is 0 Å². The third kappa shape index (κ3) is 33.3. The molecular formula is C39H74NO4+. The molecule has 0 fully saturated rings. The van der Waals surface area contributed by atoms with Gasteiger partial charge in [0, 0.05) is 6.42 Å². The van der Waals surface area contributed by atoms with Crippen molar-refractivity contribution in [3.8, 4) is 0 Å². The van der Waals surface area contributed by atoms with Crippen molar-refractivity contribution in [1.82, 2.24) is 0 Å². The summed E-state index contributed by atoms with van der Waals surface area (Å²) in [4.78, 5) is 30.0. The van der Waals surface area contributed by atoms with Gasteiger partial charge in [-0.3, -0.25) is 9.63 Å². The molecule has 0 aliphatic rings. The standard InChI is InChI=1S/C39H74NO4/c1-5-7-9-11-13-15-17-19-21-23-25-27-29-31-33-35-38(41)43-37-40(3,4)44-39(42)36-34-32-30-28-26-24-22-20-18-16-14-12-10-8-6-2/h19-22H,5-18,23-37H2,1-4H3/q+1. The highest BCUT2D eigenvalue weighted by Crippen LogP contribution is 2.13. The molecule has 44 heavy (non-hydrogen) atoms. The van der Waals surface area contributed by atoms with E-state index in [1.54, 1.807) is 14.1 Å². The maximum atomic E-state index is 12.3. The van der Waals surface area contributed by atoms with Gasteiger partial charge in [0.2, 0.25) is 0 Å². The lowest BCUT2D eigenvalue weighted by Gasteiger charge is -2.25. The zero-order chi connectivity index (χ0) is 32.4. The molecule has 5 heteroatoms.